The second-order valence-electron chi connectivity index (χ2n) is 12.9. The van der Waals surface area contributed by atoms with Crippen molar-refractivity contribution >= 4 is 71.9 Å². The Balaban J connectivity index is 1.14. The Labute approximate surface area is 323 Å². The van der Waals surface area contributed by atoms with Crippen molar-refractivity contribution < 1.29 is 36.0 Å². The third kappa shape index (κ3) is 7.90. The van der Waals surface area contributed by atoms with Gasteiger partial charge in [-0.3, -0.25) is 4.79 Å². The monoisotopic (exact) mass is 816 g/mol. The van der Waals surface area contributed by atoms with Crippen LogP contribution in [0.5, 0.6) is 5.75 Å². The normalized spacial score (nSPS) is 17.5. The number of halogens is 2. The molecule has 1 aromatic heterocycles. The minimum absolute atomic E-state index is 0.00275. The molecule has 3 heterocycles. The molecule has 2 saturated heterocycles. The molecule has 2 fully saturated rings. The molecule has 2 N–H and O–H groups in total. The van der Waals surface area contributed by atoms with E-state index in [1.807, 2.05) is 32.0 Å². The van der Waals surface area contributed by atoms with Crippen molar-refractivity contribution in [2.45, 2.75) is 56.1 Å². The average molecular weight is 818 g/mol. The molecule has 18 heteroatoms. The smallest absolute Gasteiger partial charge is 0.332 e. The van der Waals surface area contributed by atoms with Crippen LogP contribution in [0.1, 0.15) is 42.1 Å². The highest BCUT2D eigenvalue weighted by Crippen LogP contribution is 2.37. The van der Waals surface area contributed by atoms with E-state index < -0.39 is 38.0 Å². The number of hydrogen-bond acceptors (Lipinski definition) is 10. The van der Waals surface area contributed by atoms with Gasteiger partial charge in [0.2, 0.25) is 26.0 Å². The number of nitrogens with two attached hydrogens (primary N) is 1. The minimum Gasteiger partial charge on any atom is -0.487 e. The number of carbonyl (C=O) groups excluding carboxylic acids is 2. The maximum atomic E-state index is 14.2. The first kappa shape index (κ1) is 39.4. The largest absolute Gasteiger partial charge is 0.487 e. The number of amidine groups is 1. The summed E-state index contributed by atoms with van der Waals surface area (Å²) in [5, 5.41) is 4.53. The molecule has 0 aliphatic carbocycles. The van der Waals surface area contributed by atoms with Crippen molar-refractivity contribution in [1.29, 1.82) is 0 Å². The van der Waals surface area contributed by atoms with E-state index in [1.54, 1.807) is 6.07 Å². The van der Waals surface area contributed by atoms with E-state index in [2.05, 4.69) is 15.0 Å². The maximum Gasteiger partial charge on any atom is 0.332 e. The number of benzene rings is 3. The van der Waals surface area contributed by atoms with Crippen LogP contribution in [0.25, 0.3) is 10.9 Å². The lowest BCUT2D eigenvalue weighted by Gasteiger charge is -2.36. The van der Waals surface area contributed by atoms with E-state index in [0.29, 0.717) is 29.7 Å². The quantitative estimate of drug-likeness (QED) is 0.103. The number of aromatic nitrogens is 1. The fourth-order valence-electron chi connectivity index (χ4n) is 6.60. The average Bonchev–Trinajstić information content (AvgIpc) is 3.65. The number of rotatable bonds is 10. The topological polar surface area (TPSA) is 182 Å². The second kappa shape index (κ2) is 15.8. The molecule has 1 atom stereocenters. The van der Waals surface area contributed by atoms with Gasteiger partial charge in [0.15, 0.2) is 5.84 Å². The van der Waals surface area contributed by atoms with Crippen LogP contribution in [0.2, 0.25) is 10.0 Å². The summed E-state index contributed by atoms with van der Waals surface area (Å²) in [5.41, 5.74) is 8.94. The lowest BCUT2D eigenvalue weighted by molar-refractivity contribution is -0.141. The van der Waals surface area contributed by atoms with Crippen LogP contribution in [-0.2, 0) is 41.1 Å². The zero-order valence-corrected chi connectivity index (χ0v) is 32.8. The van der Waals surface area contributed by atoms with Gasteiger partial charge in [-0.1, -0.05) is 40.5 Å². The SMILES string of the molecule is CC(=O)O/N=C(/N)c1ccc(S(=O)(=O)N2CCN(C(=O)C3CCCN3S(=O)(=O)c3ccc(Cl)c(COc4cccc5c(C)cc(C)nc45)c3Cl)CC2)cc1. The molecule has 3 aromatic carbocycles. The highest BCUT2D eigenvalue weighted by atomic mass is 35.5. The van der Waals surface area contributed by atoms with Crippen LogP contribution in [0, 0.1) is 13.8 Å². The van der Waals surface area contributed by atoms with Crippen molar-refractivity contribution in [3.63, 3.8) is 0 Å². The van der Waals surface area contributed by atoms with Gasteiger partial charge in [-0.05, 0) is 80.8 Å². The first-order chi connectivity index (χ1) is 25.6. The third-order valence-electron chi connectivity index (χ3n) is 9.35. The van der Waals surface area contributed by atoms with Crippen molar-refractivity contribution in [2.75, 3.05) is 32.7 Å². The number of hydrogen-bond donors (Lipinski definition) is 1. The summed E-state index contributed by atoms with van der Waals surface area (Å²) in [5.74, 6) is -0.678. The van der Waals surface area contributed by atoms with Gasteiger partial charge in [0, 0.05) is 66.9 Å². The lowest BCUT2D eigenvalue weighted by Crippen LogP contribution is -2.55. The summed E-state index contributed by atoms with van der Waals surface area (Å²) >= 11 is 13.3. The number of amides is 1. The van der Waals surface area contributed by atoms with E-state index in [-0.39, 0.29) is 70.6 Å². The summed E-state index contributed by atoms with van der Waals surface area (Å²) in [6.45, 7) is 5.14. The highest BCUT2D eigenvalue weighted by molar-refractivity contribution is 7.89. The molecule has 0 spiro atoms. The van der Waals surface area contributed by atoms with Crippen molar-refractivity contribution in [2.24, 2.45) is 10.9 Å². The summed E-state index contributed by atoms with van der Waals surface area (Å²) in [4.78, 5) is 35.3. The fourth-order valence-corrected chi connectivity index (χ4v) is 10.5. The first-order valence-corrected chi connectivity index (χ1v) is 20.6. The van der Waals surface area contributed by atoms with Gasteiger partial charge in [-0.2, -0.15) is 8.61 Å². The molecular formula is C36H38Cl2N6O8S2. The van der Waals surface area contributed by atoms with E-state index in [4.69, 9.17) is 33.7 Å². The number of piperazine rings is 1. The molecule has 4 aromatic rings. The Morgan fingerprint density at radius 2 is 1.65 bits per heavy atom. The van der Waals surface area contributed by atoms with Gasteiger partial charge >= 0.3 is 5.97 Å². The number of fused-ring (bicyclic) bond motifs is 1. The molecule has 0 radical (unpaired) electrons. The summed E-state index contributed by atoms with van der Waals surface area (Å²) in [6.07, 6.45) is 0.741. The van der Waals surface area contributed by atoms with Crippen LogP contribution in [0.15, 0.2) is 75.6 Å². The number of aryl methyl sites for hydroxylation is 2. The van der Waals surface area contributed by atoms with E-state index >= 15 is 0 Å². The van der Waals surface area contributed by atoms with Gasteiger partial charge < -0.3 is 20.2 Å². The first-order valence-electron chi connectivity index (χ1n) is 17.0. The molecule has 286 valence electrons. The highest BCUT2D eigenvalue weighted by Gasteiger charge is 2.43. The fraction of sp³-hybridized carbons (Fsp3) is 0.333. The van der Waals surface area contributed by atoms with E-state index in [0.717, 1.165) is 20.9 Å². The number of ether oxygens (including phenoxy) is 1. The van der Waals surface area contributed by atoms with Crippen LogP contribution in [-0.4, -0.2) is 91.8 Å². The Bertz CT molecular complexity index is 2370. The lowest BCUT2D eigenvalue weighted by atomic mass is 10.1. The minimum atomic E-state index is -4.28. The second-order valence-corrected chi connectivity index (χ2v) is 17.5. The molecule has 1 unspecified atom stereocenters. The van der Waals surface area contributed by atoms with Crippen LogP contribution >= 0.6 is 23.2 Å². The Kier molecular flexibility index (Phi) is 11.5. The molecule has 0 bridgehead atoms. The Morgan fingerprint density at radius 1 is 0.944 bits per heavy atom. The van der Waals surface area contributed by atoms with Gasteiger partial charge in [-0.25, -0.2) is 26.6 Å². The predicted molar refractivity (Wildman–Crippen MR) is 203 cm³/mol. The van der Waals surface area contributed by atoms with Crippen LogP contribution in [0.3, 0.4) is 0 Å². The molecule has 0 saturated carbocycles. The molecular weight excluding hydrogens is 779 g/mol. The molecule has 2 aliphatic rings. The Morgan fingerprint density at radius 3 is 2.33 bits per heavy atom. The number of pyridine rings is 1. The number of para-hydroxylation sites is 1. The van der Waals surface area contributed by atoms with Crippen molar-refractivity contribution in [3.8, 4) is 5.75 Å². The van der Waals surface area contributed by atoms with Gasteiger partial charge in [0.05, 0.1) is 9.92 Å². The zero-order valence-electron chi connectivity index (χ0n) is 29.7. The van der Waals surface area contributed by atoms with Crippen molar-refractivity contribution in [1.82, 2.24) is 18.5 Å². The van der Waals surface area contributed by atoms with Gasteiger partial charge in [0.1, 0.15) is 28.8 Å². The number of oxime groups is 1. The molecule has 2 aliphatic heterocycles. The summed E-state index contributed by atoms with van der Waals surface area (Å²) in [7, 11) is -8.21. The van der Waals surface area contributed by atoms with Gasteiger partial charge in [0.25, 0.3) is 0 Å². The standard InChI is InChI=1S/C36H38Cl2N6O8S2/c1-22-20-23(2)40-34-27(22)6-4-8-31(34)51-21-28-29(37)13-14-32(33(28)38)54(49,50)44-15-5-7-30(44)36(46)42-16-18-43(19-17-42)53(47,48)26-11-9-25(10-12-26)35(39)41-52-24(3)45/h4,6,8-14,20,30H,5,7,15-19,21H2,1-3H3,(H2,39,41). The molecule has 14 nitrogen and oxygen atoms in total. The summed E-state index contributed by atoms with van der Waals surface area (Å²) < 4.78 is 63.7. The number of nitrogens with zero attached hydrogens (tertiary/aromatic N) is 5. The van der Waals surface area contributed by atoms with Crippen LogP contribution in [0.4, 0.5) is 0 Å². The molecule has 6 rings (SSSR count). The van der Waals surface area contributed by atoms with E-state index in [9.17, 15) is 26.4 Å². The number of carbonyl (C=O) groups is 2. The third-order valence-corrected chi connectivity index (χ3v) is 14.1. The molecule has 54 heavy (non-hydrogen) atoms. The van der Waals surface area contributed by atoms with E-state index in [1.165, 1.54) is 52.5 Å². The maximum absolute atomic E-state index is 14.2. The van der Waals surface area contributed by atoms with Crippen molar-refractivity contribution in [3.05, 3.63) is 93.1 Å². The summed E-state index contributed by atoms with van der Waals surface area (Å²) in [6, 6.07) is 14.9. The predicted octanol–water partition coefficient (Wildman–Crippen LogP) is 4.61. The van der Waals surface area contributed by atoms with Gasteiger partial charge in [-0.15, -0.1) is 0 Å². The molecule has 1 amide bonds. The van der Waals surface area contributed by atoms with Crippen LogP contribution < -0.4 is 10.5 Å². The number of sulfonamides is 2. The zero-order chi connectivity index (χ0) is 38.9. The Hall–Kier alpha value is -4.32.